The van der Waals surface area contributed by atoms with Crippen molar-refractivity contribution in [2.75, 3.05) is 11.9 Å². The Kier molecular flexibility index (Phi) is 5.07. The summed E-state index contributed by atoms with van der Waals surface area (Å²) in [6.07, 6.45) is -4.16. The molecule has 9 nitrogen and oxygen atoms in total. The molecule has 0 aromatic heterocycles. The molecule has 0 saturated heterocycles. The number of carbonyl (C=O) groups is 2. The van der Waals surface area contributed by atoms with E-state index in [0.29, 0.717) is 0 Å². The number of ether oxygens (including phenoxy) is 3. The molecule has 1 aliphatic rings. The van der Waals surface area contributed by atoms with Gasteiger partial charge in [-0.1, -0.05) is 18.2 Å². The second-order valence-electron chi connectivity index (χ2n) is 5.60. The Morgan fingerprint density at radius 3 is 2.61 bits per heavy atom. The number of hydrogen-bond donors (Lipinski definition) is 1. The van der Waals surface area contributed by atoms with E-state index in [4.69, 9.17) is 4.74 Å². The molecular weight excluding hydrogens is 382 g/mol. The standard InChI is InChI=1S/C17H12F2N2O7/c18-17(19)27-13-6-5-11(8-14(13)28-17)20-15(22)9-26-16(23)7-10-3-1-2-4-12(10)21(24)25/h1-6,8H,7,9H2,(H,20,22). The summed E-state index contributed by atoms with van der Waals surface area (Å²) >= 11 is 0. The van der Waals surface area contributed by atoms with Gasteiger partial charge in [-0.25, -0.2) is 0 Å². The van der Waals surface area contributed by atoms with Crippen LogP contribution in [0.3, 0.4) is 0 Å². The molecule has 146 valence electrons. The van der Waals surface area contributed by atoms with Gasteiger partial charge in [-0.2, -0.15) is 0 Å². The van der Waals surface area contributed by atoms with E-state index >= 15 is 0 Å². The molecule has 2 aromatic carbocycles. The average Bonchev–Trinajstić information content (AvgIpc) is 2.93. The molecule has 1 N–H and O–H groups in total. The summed E-state index contributed by atoms with van der Waals surface area (Å²) in [6, 6.07) is 9.26. The van der Waals surface area contributed by atoms with Crippen LogP contribution < -0.4 is 14.8 Å². The van der Waals surface area contributed by atoms with Crippen LogP contribution in [0.4, 0.5) is 20.2 Å². The number of rotatable bonds is 6. The quantitative estimate of drug-likeness (QED) is 0.455. The first kappa shape index (κ1) is 19.0. The number of anilines is 1. The third-order valence-corrected chi connectivity index (χ3v) is 3.57. The van der Waals surface area contributed by atoms with E-state index in [-0.39, 0.29) is 34.9 Å². The summed E-state index contributed by atoms with van der Waals surface area (Å²) in [5.41, 5.74) is 0.0375. The highest BCUT2D eigenvalue weighted by Gasteiger charge is 2.43. The summed E-state index contributed by atoms with van der Waals surface area (Å²) in [4.78, 5) is 34.0. The number of fused-ring (bicyclic) bond motifs is 1. The highest BCUT2D eigenvalue weighted by molar-refractivity contribution is 5.93. The van der Waals surface area contributed by atoms with E-state index in [0.717, 1.165) is 6.07 Å². The fourth-order valence-corrected chi connectivity index (χ4v) is 2.41. The number of esters is 1. The SMILES string of the molecule is O=C(COC(=O)Cc1ccccc1[N+](=O)[O-])Nc1ccc2c(c1)OC(F)(F)O2. The summed E-state index contributed by atoms with van der Waals surface area (Å²) < 4.78 is 39.2. The Balaban J connectivity index is 1.53. The van der Waals surface area contributed by atoms with Gasteiger partial charge in [-0.15, -0.1) is 8.78 Å². The fraction of sp³-hybridized carbons (Fsp3) is 0.176. The maximum Gasteiger partial charge on any atom is 0.586 e. The Hall–Kier alpha value is -3.76. The third kappa shape index (κ3) is 4.50. The number of benzene rings is 2. The molecule has 0 radical (unpaired) electrons. The van der Waals surface area contributed by atoms with Gasteiger partial charge in [0, 0.05) is 23.4 Å². The summed E-state index contributed by atoms with van der Waals surface area (Å²) in [5, 5.41) is 13.3. The van der Waals surface area contributed by atoms with Crippen molar-refractivity contribution >= 4 is 23.3 Å². The van der Waals surface area contributed by atoms with Gasteiger partial charge in [0.25, 0.3) is 11.6 Å². The first-order chi connectivity index (χ1) is 13.2. The fourth-order valence-electron chi connectivity index (χ4n) is 2.41. The van der Waals surface area contributed by atoms with Gasteiger partial charge >= 0.3 is 12.3 Å². The van der Waals surface area contributed by atoms with Gasteiger partial charge in [0.05, 0.1) is 11.3 Å². The maximum atomic E-state index is 13.0. The molecule has 0 unspecified atom stereocenters. The summed E-state index contributed by atoms with van der Waals surface area (Å²) in [5.74, 6) is -2.01. The Bertz CT molecular complexity index is 949. The molecule has 1 heterocycles. The van der Waals surface area contributed by atoms with Crippen LogP contribution in [0.15, 0.2) is 42.5 Å². The largest absolute Gasteiger partial charge is 0.586 e. The number of hydrogen-bond acceptors (Lipinski definition) is 7. The van der Waals surface area contributed by atoms with Crippen LogP contribution in [-0.4, -0.2) is 29.7 Å². The van der Waals surface area contributed by atoms with Gasteiger partial charge in [-0.05, 0) is 12.1 Å². The normalized spacial score (nSPS) is 13.6. The van der Waals surface area contributed by atoms with Gasteiger partial charge < -0.3 is 19.5 Å². The summed E-state index contributed by atoms with van der Waals surface area (Å²) in [7, 11) is 0. The van der Waals surface area contributed by atoms with Crippen molar-refractivity contribution in [2.24, 2.45) is 0 Å². The Morgan fingerprint density at radius 1 is 1.14 bits per heavy atom. The predicted octanol–water partition coefficient (Wildman–Crippen LogP) is 2.64. The van der Waals surface area contributed by atoms with Crippen molar-refractivity contribution in [1.29, 1.82) is 0 Å². The van der Waals surface area contributed by atoms with E-state index in [9.17, 15) is 28.5 Å². The first-order valence-electron chi connectivity index (χ1n) is 7.81. The van der Waals surface area contributed by atoms with E-state index in [2.05, 4.69) is 14.8 Å². The van der Waals surface area contributed by atoms with Crippen LogP contribution in [0.5, 0.6) is 11.5 Å². The number of alkyl halides is 2. The molecular formula is C17H12F2N2O7. The monoisotopic (exact) mass is 394 g/mol. The number of para-hydroxylation sites is 1. The highest BCUT2D eigenvalue weighted by Crippen LogP contribution is 2.42. The number of nitro groups is 1. The summed E-state index contributed by atoms with van der Waals surface area (Å²) in [6.45, 7) is -0.663. The zero-order valence-corrected chi connectivity index (χ0v) is 14.0. The lowest BCUT2D eigenvalue weighted by molar-refractivity contribution is -0.385. The van der Waals surface area contributed by atoms with Crippen molar-refractivity contribution in [3.8, 4) is 11.5 Å². The molecule has 0 bridgehead atoms. The lowest BCUT2D eigenvalue weighted by atomic mass is 10.1. The van der Waals surface area contributed by atoms with Gasteiger partial charge in [0.15, 0.2) is 18.1 Å². The Morgan fingerprint density at radius 2 is 1.86 bits per heavy atom. The van der Waals surface area contributed by atoms with Crippen LogP contribution in [0.25, 0.3) is 0 Å². The zero-order chi connectivity index (χ0) is 20.3. The molecule has 1 aliphatic heterocycles. The van der Waals surface area contributed by atoms with Crippen LogP contribution in [0, 0.1) is 10.1 Å². The molecule has 11 heteroatoms. The van der Waals surface area contributed by atoms with Crippen molar-refractivity contribution in [1.82, 2.24) is 0 Å². The van der Waals surface area contributed by atoms with Crippen molar-refractivity contribution in [3.05, 3.63) is 58.1 Å². The minimum atomic E-state index is -3.78. The molecule has 0 aliphatic carbocycles. The smallest absolute Gasteiger partial charge is 0.455 e. The molecule has 2 aromatic rings. The van der Waals surface area contributed by atoms with E-state index in [1.807, 2.05) is 0 Å². The lowest BCUT2D eigenvalue weighted by Gasteiger charge is -2.07. The second kappa shape index (κ2) is 7.47. The van der Waals surface area contributed by atoms with Gasteiger partial charge in [-0.3, -0.25) is 19.7 Å². The van der Waals surface area contributed by atoms with Gasteiger partial charge in [0.1, 0.15) is 0 Å². The number of nitrogens with one attached hydrogen (secondary N) is 1. The number of amides is 1. The topological polar surface area (TPSA) is 117 Å². The van der Waals surface area contributed by atoms with Crippen LogP contribution in [0.2, 0.25) is 0 Å². The van der Waals surface area contributed by atoms with Crippen LogP contribution in [0.1, 0.15) is 5.56 Å². The maximum absolute atomic E-state index is 13.0. The van der Waals surface area contributed by atoms with E-state index in [1.165, 1.54) is 36.4 Å². The number of nitrogens with zero attached hydrogens (tertiary/aromatic N) is 1. The molecule has 1 amide bonds. The van der Waals surface area contributed by atoms with Crippen molar-refractivity contribution in [2.45, 2.75) is 12.7 Å². The van der Waals surface area contributed by atoms with Crippen LogP contribution >= 0.6 is 0 Å². The molecule has 0 spiro atoms. The lowest BCUT2D eigenvalue weighted by Crippen LogP contribution is -2.25. The minimum Gasteiger partial charge on any atom is -0.455 e. The van der Waals surface area contributed by atoms with E-state index in [1.54, 1.807) is 0 Å². The third-order valence-electron chi connectivity index (χ3n) is 3.57. The molecule has 0 fully saturated rings. The van der Waals surface area contributed by atoms with E-state index < -0.39 is 29.7 Å². The van der Waals surface area contributed by atoms with Crippen LogP contribution in [-0.2, 0) is 20.7 Å². The molecule has 3 rings (SSSR count). The van der Waals surface area contributed by atoms with Gasteiger partial charge in [0.2, 0.25) is 0 Å². The second-order valence-corrected chi connectivity index (χ2v) is 5.60. The number of halogens is 2. The minimum absolute atomic E-state index is 0.125. The Labute approximate surface area is 156 Å². The van der Waals surface area contributed by atoms with Crippen molar-refractivity contribution in [3.63, 3.8) is 0 Å². The first-order valence-corrected chi connectivity index (χ1v) is 7.81. The molecule has 28 heavy (non-hydrogen) atoms. The highest BCUT2D eigenvalue weighted by atomic mass is 19.3. The number of nitro benzene ring substituents is 1. The predicted molar refractivity (Wildman–Crippen MR) is 89.0 cm³/mol. The molecule has 0 saturated carbocycles. The molecule has 0 atom stereocenters. The zero-order valence-electron chi connectivity index (χ0n) is 14.0. The van der Waals surface area contributed by atoms with Crippen molar-refractivity contribution < 1.29 is 37.5 Å². The average molecular weight is 394 g/mol. The number of carbonyl (C=O) groups excluding carboxylic acids is 2.